The topological polar surface area (TPSA) is 79.2 Å². The Morgan fingerprint density at radius 3 is 2.37 bits per heavy atom. The summed E-state index contributed by atoms with van der Waals surface area (Å²) in [5, 5.41) is 21.7. The first-order valence-electron chi connectivity index (χ1n) is 12.6. The summed E-state index contributed by atoms with van der Waals surface area (Å²) in [7, 11) is 0. The number of benzene rings is 2. The van der Waals surface area contributed by atoms with E-state index in [0.717, 1.165) is 41.9 Å². The summed E-state index contributed by atoms with van der Waals surface area (Å²) in [5.41, 5.74) is 3.66. The van der Waals surface area contributed by atoms with Crippen LogP contribution in [-0.2, 0) is 11.1 Å². The standard InChI is InChI=1S/C29H38N4O2/c1-7-29(8-2,23-16-14-21(15-17-23)20(4)34)31-27(35)25-19(3)32-33-26(25)30-24(18-28(33,5)6)22-12-10-9-11-13-22/h9-17,20,24,30,34H,7-8,18H2,1-6H3,(H,31,35). The Morgan fingerprint density at radius 2 is 1.80 bits per heavy atom. The van der Waals surface area contributed by atoms with Crippen LogP contribution in [0.1, 0.15) is 98.8 Å². The van der Waals surface area contributed by atoms with Crippen LogP contribution in [0.4, 0.5) is 5.82 Å². The van der Waals surface area contributed by atoms with Crippen molar-refractivity contribution in [3.05, 3.63) is 82.5 Å². The van der Waals surface area contributed by atoms with E-state index in [2.05, 4.69) is 62.6 Å². The molecular weight excluding hydrogens is 436 g/mol. The average Bonchev–Trinajstić information content (AvgIpc) is 3.20. The van der Waals surface area contributed by atoms with Crippen LogP contribution in [0.5, 0.6) is 0 Å². The lowest BCUT2D eigenvalue weighted by molar-refractivity contribution is 0.0889. The van der Waals surface area contributed by atoms with Crippen molar-refractivity contribution in [1.82, 2.24) is 15.1 Å². The van der Waals surface area contributed by atoms with E-state index in [-0.39, 0.29) is 17.5 Å². The maximum atomic E-state index is 13.9. The molecule has 0 bridgehead atoms. The van der Waals surface area contributed by atoms with Crippen molar-refractivity contribution in [2.24, 2.45) is 0 Å². The molecule has 0 aliphatic carbocycles. The van der Waals surface area contributed by atoms with E-state index >= 15 is 0 Å². The SMILES string of the molecule is CCC(CC)(NC(=O)c1c(C)nn2c1NC(c1ccccc1)CC2(C)C)c1ccc(C(C)O)cc1. The van der Waals surface area contributed by atoms with Gasteiger partial charge in [0.2, 0.25) is 0 Å². The van der Waals surface area contributed by atoms with E-state index in [9.17, 15) is 9.90 Å². The van der Waals surface area contributed by atoms with Crippen LogP contribution < -0.4 is 10.6 Å². The van der Waals surface area contributed by atoms with Crippen LogP contribution in [0.15, 0.2) is 54.6 Å². The van der Waals surface area contributed by atoms with Crippen LogP contribution in [-0.4, -0.2) is 20.8 Å². The molecule has 3 aromatic rings. The molecule has 1 aliphatic heterocycles. The van der Waals surface area contributed by atoms with Gasteiger partial charge in [-0.1, -0.05) is 68.4 Å². The molecule has 0 saturated heterocycles. The predicted octanol–water partition coefficient (Wildman–Crippen LogP) is 5.98. The van der Waals surface area contributed by atoms with Gasteiger partial charge in [-0.3, -0.25) is 4.79 Å². The smallest absolute Gasteiger partial charge is 0.257 e. The fourth-order valence-electron chi connectivity index (χ4n) is 5.33. The zero-order chi connectivity index (χ0) is 25.4. The molecule has 2 heterocycles. The highest BCUT2D eigenvalue weighted by atomic mass is 16.3. The summed E-state index contributed by atoms with van der Waals surface area (Å²) in [4.78, 5) is 13.9. The van der Waals surface area contributed by atoms with Gasteiger partial charge in [-0.25, -0.2) is 4.68 Å². The van der Waals surface area contributed by atoms with Crippen molar-refractivity contribution in [2.45, 2.75) is 84.0 Å². The number of carbonyl (C=O) groups is 1. The monoisotopic (exact) mass is 474 g/mol. The lowest BCUT2D eigenvalue weighted by Gasteiger charge is -2.38. The van der Waals surface area contributed by atoms with E-state index in [1.807, 2.05) is 41.9 Å². The van der Waals surface area contributed by atoms with Crippen LogP contribution in [0, 0.1) is 6.92 Å². The molecule has 0 fully saturated rings. The molecule has 3 N–H and O–H groups in total. The Balaban J connectivity index is 1.70. The van der Waals surface area contributed by atoms with Crippen molar-refractivity contribution < 1.29 is 9.90 Å². The van der Waals surface area contributed by atoms with Gasteiger partial charge >= 0.3 is 0 Å². The van der Waals surface area contributed by atoms with Crippen molar-refractivity contribution in [2.75, 3.05) is 5.32 Å². The maximum Gasteiger partial charge on any atom is 0.257 e. The van der Waals surface area contributed by atoms with Gasteiger partial charge in [0.1, 0.15) is 11.4 Å². The van der Waals surface area contributed by atoms with Crippen LogP contribution in [0.3, 0.4) is 0 Å². The van der Waals surface area contributed by atoms with Crippen molar-refractivity contribution in [3.8, 4) is 0 Å². The first-order chi connectivity index (χ1) is 16.6. The lowest BCUT2D eigenvalue weighted by atomic mass is 9.83. The first kappa shape index (κ1) is 25.0. The van der Waals surface area contributed by atoms with Crippen molar-refractivity contribution in [3.63, 3.8) is 0 Å². The summed E-state index contributed by atoms with van der Waals surface area (Å²) in [6, 6.07) is 18.4. The Bertz CT molecular complexity index is 1180. The number of aliphatic hydroxyl groups excluding tert-OH is 1. The highest BCUT2D eigenvalue weighted by molar-refractivity contribution is 6.00. The highest BCUT2D eigenvalue weighted by Crippen LogP contribution is 2.41. The second-order valence-electron chi connectivity index (χ2n) is 10.4. The number of nitrogens with zero attached hydrogens (tertiary/aromatic N) is 2. The van der Waals surface area contributed by atoms with Gasteiger partial charge in [-0.05, 0) is 63.6 Å². The Hall–Kier alpha value is -3.12. The van der Waals surface area contributed by atoms with Crippen LogP contribution in [0.2, 0.25) is 0 Å². The van der Waals surface area contributed by atoms with E-state index in [1.165, 1.54) is 5.56 Å². The van der Waals surface area contributed by atoms with Crippen molar-refractivity contribution >= 4 is 11.7 Å². The van der Waals surface area contributed by atoms with Gasteiger partial charge in [-0.15, -0.1) is 0 Å². The number of rotatable bonds is 7. The summed E-state index contributed by atoms with van der Waals surface area (Å²) in [6.07, 6.45) is 1.84. The second kappa shape index (κ2) is 9.50. The summed E-state index contributed by atoms with van der Waals surface area (Å²) in [6.45, 7) is 12.2. The van der Waals surface area contributed by atoms with E-state index in [1.54, 1.807) is 6.92 Å². The third-order valence-electron chi connectivity index (χ3n) is 7.58. The molecule has 1 aliphatic rings. The third kappa shape index (κ3) is 4.59. The summed E-state index contributed by atoms with van der Waals surface area (Å²) >= 11 is 0. The predicted molar refractivity (Wildman–Crippen MR) is 141 cm³/mol. The Kier molecular flexibility index (Phi) is 6.78. The van der Waals surface area contributed by atoms with Gasteiger partial charge in [0.15, 0.2) is 0 Å². The average molecular weight is 475 g/mol. The highest BCUT2D eigenvalue weighted by Gasteiger charge is 2.39. The number of aromatic nitrogens is 2. The number of fused-ring (bicyclic) bond motifs is 1. The van der Waals surface area contributed by atoms with Crippen LogP contribution >= 0.6 is 0 Å². The number of nitrogens with one attached hydrogen (secondary N) is 2. The molecule has 2 unspecified atom stereocenters. The van der Waals surface area contributed by atoms with Gasteiger partial charge in [0, 0.05) is 0 Å². The second-order valence-corrected chi connectivity index (χ2v) is 10.4. The molecule has 1 aromatic heterocycles. The molecule has 6 nitrogen and oxygen atoms in total. The molecule has 4 rings (SSSR count). The minimum atomic E-state index is -0.523. The molecule has 1 amide bonds. The minimum absolute atomic E-state index is 0.0940. The molecule has 2 atom stereocenters. The van der Waals surface area contributed by atoms with Gasteiger partial charge in [0.25, 0.3) is 5.91 Å². The Labute approximate surface area is 208 Å². The third-order valence-corrected chi connectivity index (χ3v) is 7.58. The van der Waals surface area contributed by atoms with E-state index in [4.69, 9.17) is 5.10 Å². The molecule has 35 heavy (non-hydrogen) atoms. The first-order valence-corrected chi connectivity index (χ1v) is 12.6. The lowest BCUT2D eigenvalue weighted by Crippen LogP contribution is -2.45. The summed E-state index contributed by atoms with van der Waals surface area (Å²) < 4.78 is 1.98. The van der Waals surface area contributed by atoms with E-state index in [0.29, 0.717) is 5.56 Å². The normalized spacial score (nSPS) is 17.9. The van der Waals surface area contributed by atoms with Gasteiger partial charge in [-0.2, -0.15) is 5.10 Å². The zero-order valence-corrected chi connectivity index (χ0v) is 21.7. The fourth-order valence-corrected chi connectivity index (χ4v) is 5.33. The molecule has 0 saturated carbocycles. The molecule has 186 valence electrons. The van der Waals surface area contributed by atoms with Crippen LogP contribution in [0.25, 0.3) is 0 Å². The zero-order valence-electron chi connectivity index (χ0n) is 21.7. The van der Waals surface area contributed by atoms with E-state index < -0.39 is 11.6 Å². The Morgan fingerprint density at radius 1 is 1.17 bits per heavy atom. The number of aliphatic hydroxyl groups is 1. The molecule has 0 radical (unpaired) electrons. The number of hydrogen-bond acceptors (Lipinski definition) is 4. The number of carbonyl (C=O) groups excluding carboxylic acids is 1. The molecule has 6 heteroatoms. The minimum Gasteiger partial charge on any atom is -0.389 e. The maximum absolute atomic E-state index is 13.9. The fraction of sp³-hybridized carbons (Fsp3) is 0.448. The number of anilines is 1. The quantitative estimate of drug-likeness (QED) is 0.393. The number of amides is 1. The summed E-state index contributed by atoms with van der Waals surface area (Å²) in [5.74, 6) is 0.653. The number of aryl methyl sites for hydroxylation is 1. The van der Waals surface area contributed by atoms with Crippen molar-refractivity contribution in [1.29, 1.82) is 0 Å². The molecule has 0 spiro atoms. The van der Waals surface area contributed by atoms with Gasteiger partial charge in [0.05, 0.1) is 28.9 Å². The molecular formula is C29H38N4O2. The number of hydrogen-bond donors (Lipinski definition) is 3. The largest absolute Gasteiger partial charge is 0.389 e. The van der Waals surface area contributed by atoms with Gasteiger partial charge < -0.3 is 15.7 Å². The molecule has 2 aromatic carbocycles.